The third-order valence-electron chi connectivity index (χ3n) is 2.55. The van der Waals surface area contributed by atoms with E-state index in [1.165, 1.54) is 6.07 Å². The Morgan fingerprint density at radius 1 is 1.62 bits per heavy atom. The van der Waals surface area contributed by atoms with Gasteiger partial charge in [0.2, 0.25) is 0 Å². The lowest BCUT2D eigenvalue weighted by molar-refractivity contribution is -0.152. The lowest BCUT2D eigenvalue weighted by atomic mass is 10.0. The molecule has 4 nitrogen and oxygen atoms in total. The van der Waals surface area contributed by atoms with Gasteiger partial charge in [0.05, 0.1) is 6.61 Å². The summed E-state index contributed by atoms with van der Waals surface area (Å²) in [4.78, 5) is 11.5. The molecule has 0 saturated carbocycles. The standard InChI is InChI=1S/C12H14O4/c1-2-15-12(14)10-6-4-8-3-5-9(13)7-11(8)16-10/h3,5,7,10,13H,2,4,6H2,1H3/t10-/m0/s1. The van der Waals surface area contributed by atoms with E-state index in [1.54, 1.807) is 13.0 Å². The number of hydrogen-bond donors (Lipinski definition) is 1. The smallest absolute Gasteiger partial charge is 0.347 e. The van der Waals surface area contributed by atoms with Crippen molar-refractivity contribution < 1.29 is 19.4 Å². The molecule has 0 radical (unpaired) electrons. The monoisotopic (exact) mass is 222 g/mol. The summed E-state index contributed by atoms with van der Waals surface area (Å²) in [5, 5.41) is 9.32. The van der Waals surface area contributed by atoms with Gasteiger partial charge in [0.1, 0.15) is 11.5 Å². The Labute approximate surface area is 93.8 Å². The molecule has 4 heteroatoms. The summed E-state index contributed by atoms with van der Waals surface area (Å²) in [6, 6.07) is 4.96. The average Bonchev–Trinajstić information content (AvgIpc) is 2.28. The van der Waals surface area contributed by atoms with Crippen LogP contribution in [-0.4, -0.2) is 23.8 Å². The largest absolute Gasteiger partial charge is 0.508 e. The molecule has 16 heavy (non-hydrogen) atoms. The van der Waals surface area contributed by atoms with E-state index < -0.39 is 6.10 Å². The Hall–Kier alpha value is -1.71. The zero-order valence-corrected chi connectivity index (χ0v) is 9.10. The third kappa shape index (κ3) is 2.10. The molecule has 0 saturated heterocycles. The maximum Gasteiger partial charge on any atom is 0.347 e. The molecule has 1 aromatic rings. The number of carbonyl (C=O) groups is 1. The number of esters is 1. The van der Waals surface area contributed by atoms with Crippen LogP contribution in [0.25, 0.3) is 0 Å². The van der Waals surface area contributed by atoms with Crippen LogP contribution in [0.5, 0.6) is 11.5 Å². The van der Waals surface area contributed by atoms with Crippen molar-refractivity contribution in [2.45, 2.75) is 25.9 Å². The summed E-state index contributed by atoms with van der Waals surface area (Å²) in [6.45, 7) is 2.12. The maximum atomic E-state index is 11.5. The summed E-state index contributed by atoms with van der Waals surface area (Å²) in [6.07, 6.45) is 0.838. The lowest BCUT2D eigenvalue weighted by Crippen LogP contribution is -2.32. The van der Waals surface area contributed by atoms with E-state index in [4.69, 9.17) is 9.47 Å². The highest BCUT2D eigenvalue weighted by molar-refractivity contribution is 5.75. The average molecular weight is 222 g/mol. The quantitative estimate of drug-likeness (QED) is 0.773. The molecule has 2 rings (SSSR count). The maximum absolute atomic E-state index is 11.5. The van der Waals surface area contributed by atoms with Gasteiger partial charge in [-0.25, -0.2) is 4.79 Å². The van der Waals surface area contributed by atoms with Gasteiger partial charge >= 0.3 is 5.97 Å². The minimum atomic E-state index is -0.547. The number of aromatic hydroxyl groups is 1. The Morgan fingerprint density at radius 2 is 2.44 bits per heavy atom. The van der Waals surface area contributed by atoms with Crippen LogP contribution >= 0.6 is 0 Å². The molecule has 0 fully saturated rings. The number of aryl methyl sites for hydroxylation is 1. The minimum Gasteiger partial charge on any atom is -0.508 e. The molecule has 1 aromatic carbocycles. The van der Waals surface area contributed by atoms with Crippen LogP contribution in [0.2, 0.25) is 0 Å². The number of fused-ring (bicyclic) bond motifs is 1. The van der Waals surface area contributed by atoms with Crippen molar-refractivity contribution in [1.29, 1.82) is 0 Å². The highest BCUT2D eigenvalue weighted by atomic mass is 16.6. The summed E-state index contributed by atoms with van der Waals surface area (Å²) in [7, 11) is 0. The fraction of sp³-hybridized carbons (Fsp3) is 0.417. The number of phenolic OH excluding ortho intramolecular Hbond substituents is 1. The van der Waals surface area contributed by atoms with Crippen molar-refractivity contribution in [2.75, 3.05) is 6.61 Å². The summed E-state index contributed by atoms with van der Waals surface area (Å²) in [5.41, 5.74) is 1.01. The second kappa shape index (κ2) is 4.43. The van der Waals surface area contributed by atoms with E-state index in [2.05, 4.69) is 0 Å². The highest BCUT2D eigenvalue weighted by Gasteiger charge is 2.27. The van der Waals surface area contributed by atoms with Crippen LogP contribution in [0.1, 0.15) is 18.9 Å². The molecule has 1 heterocycles. The second-order valence-electron chi connectivity index (χ2n) is 3.69. The lowest BCUT2D eigenvalue weighted by Gasteiger charge is -2.24. The molecule has 0 spiro atoms. The summed E-state index contributed by atoms with van der Waals surface area (Å²) >= 11 is 0. The predicted molar refractivity (Wildman–Crippen MR) is 57.5 cm³/mol. The molecular weight excluding hydrogens is 208 g/mol. The van der Waals surface area contributed by atoms with Crippen LogP contribution in [-0.2, 0) is 16.0 Å². The Balaban J connectivity index is 2.13. The van der Waals surface area contributed by atoms with Crippen LogP contribution in [0, 0.1) is 0 Å². The van der Waals surface area contributed by atoms with E-state index in [0.29, 0.717) is 18.8 Å². The van der Waals surface area contributed by atoms with Gasteiger partial charge in [0, 0.05) is 6.07 Å². The van der Waals surface area contributed by atoms with Gasteiger partial charge in [-0.2, -0.15) is 0 Å². The molecule has 0 aromatic heterocycles. The van der Waals surface area contributed by atoms with E-state index in [9.17, 15) is 9.90 Å². The number of phenols is 1. The summed E-state index contributed by atoms with van der Waals surface area (Å²) in [5.74, 6) is 0.379. The van der Waals surface area contributed by atoms with Gasteiger partial charge < -0.3 is 14.6 Å². The minimum absolute atomic E-state index is 0.142. The predicted octanol–water partition coefficient (Wildman–Crippen LogP) is 1.65. The van der Waals surface area contributed by atoms with Crippen molar-refractivity contribution in [1.82, 2.24) is 0 Å². The first-order valence-electron chi connectivity index (χ1n) is 5.36. The number of benzene rings is 1. The first kappa shape index (κ1) is 10.8. The van der Waals surface area contributed by atoms with Crippen molar-refractivity contribution in [3.05, 3.63) is 23.8 Å². The Morgan fingerprint density at radius 3 is 3.19 bits per heavy atom. The number of hydrogen-bond acceptors (Lipinski definition) is 4. The second-order valence-corrected chi connectivity index (χ2v) is 3.69. The molecule has 1 N–H and O–H groups in total. The Bertz CT molecular complexity index is 400. The fourth-order valence-corrected chi connectivity index (χ4v) is 1.76. The number of carbonyl (C=O) groups excluding carboxylic acids is 1. The number of rotatable bonds is 2. The van der Waals surface area contributed by atoms with Gasteiger partial charge in [0.25, 0.3) is 0 Å². The molecular formula is C12H14O4. The molecule has 0 unspecified atom stereocenters. The van der Waals surface area contributed by atoms with Crippen LogP contribution < -0.4 is 4.74 Å². The van der Waals surface area contributed by atoms with E-state index in [1.807, 2.05) is 6.07 Å². The van der Waals surface area contributed by atoms with E-state index in [-0.39, 0.29) is 11.7 Å². The van der Waals surface area contributed by atoms with Crippen molar-refractivity contribution >= 4 is 5.97 Å². The van der Waals surface area contributed by atoms with Crippen molar-refractivity contribution in [3.63, 3.8) is 0 Å². The highest BCUT2D eigenvalue weighted by Crippen LogP contribution is 2.31. The first-order valence-corrected chi connectivity index (χ1v) is 5.36. The summed E-state index contributed by atoms with van der Waals surface area (Å²) < 4.78 is 10.4. The topological polar surface area (TPSA) is 55.8 Å². The molecule has 0 amide bonds. The van der Waals surface area contributed by atoms with Gasteiger partial charge in [-0.1, -0.05) is 6.07 Å². The zero-order valence-electron chi connectivity index (χ0n) is 9.10. The first-order chi connectivity index (χ1) is 7.70. The van der Waals surface area contributed by atoms with Crippen LogP contribution in [0.3, 0.4) is 0 Å². The molecule has 1 aliphatic rings. The zero-order chi connectivity index (χ0) is 11.5. The van der Waals surface area contributed by atoms with Crippen LogP contribution in [0.15, 0.2) is 18.2 Å². The van der Waals surface area contributed by atoms with Gasteiger partial charge in [-0.15, -0.1) is 0 Å². The normalized spacial score (nSPS) is 18.4. The van der Waals surface area contributed by atoms with E-state index in [0.717, 1.165) is 12.0 Å². The third-order valence-corrected chi connectivity index (χ3v) is 2.55. The SMILES string of the molecule is CCOC(=O)[C@@H]1CCc2ccc(O)cc2O1. The van der Waals surface area contributed by atoms with Gasteiger partial charge in [0.15, 0.2) is 6.10 Å². The molecule has 1 atom stereocenters. The molecule has 1 aliphatic heterocycles. The Kier molecular flexibility index (Phi) is 2.99. The fourth-order valence-electron chi connectivity index (χ4n) is 1.76. The molecule has 86 valence electrons. The van der Waals surface area contributed by atoms with Gasteiger partial charge in [-0.05, 0) is 31.4 Å². The number of ether oxygens (including phenoxy) is 2. The van der Waals surface area contributed by atoms with Crippen molar-refractivity contribution in [3.8, 4) is 11.5 Å². The molecule has 0 bridgehead atoms. The van der Waals surface area contributed by atoms with Crippen LogP contribution in [0.4, 0.5) is 0 Å². The van der Waals surface area contributed by atoms with E-state index >= 15 is 0 Å². The van der Waals surface area contributed by atoms with Crippen molar-refractivity contribution in [2.24, 2.45) is 0 Å². The molecule has 0 aliphatic carbocycles. The van der Waals surface area contributed by atoms with Gasteiger partial charge in [-0.3, -0.25) is 0 Å².